The fourth-order valence-electron chi connectivity index (χ4n) is 1.92. The molecule has 0 spiro atoms. The number of hydrogen-bond donors (Lipinski definition) is 2. The lowest BCUT2D eigenvalue weighted by molar-refractivity contribution is 0.0996. The number of halogens is 1. The minimum absolute atomic E-state index is 0.0112. The van der Waals surface area contributed by atoms with Crippen LogP contribution in [0.25, 0.3) is 0 Å². The molecule has 8 heteroatoms. The van der Waals surface area contributed by atoms with Gasteiger partial charge in [-0.3, -0.25) is 9.59 Å². The first-order chi connectivity index (χ1) is 10.8. The van der Waals surface area contributed by atoms with Crippen molar-refractivity contribution in [1.82, 2.24) is 9.97 Å². The molecule has 1 aromatic heterocycles. The van der Waals surface area contributed by atoms with Crippen LogP contribution in [0, 0.1) is 6.92 Å². The third-order valence-electron chi connectivity index (χ3n) is 3.17. The molecule has 1 amide bonds. The Morgan fingerprint density at radius 1 is 1.30 bits per heavy atom. The Labute approximate surface area is 142 Å². The molecular formula is C15H15ClN4O2S. The molecule has 0 saturated heterocycles. The highest BCUT2D eigenvalue weighted by Gasteiger charge is 2.18. The molecule has 0 saturated carbocycles. The third kappa shape index (κ3) is 3.80. The van der Waals surface area contributed by atoms with Gasteiger partial charge in [0.15, 0.2) is 10.9 Å². The maximum absolute atomic E-state index is 11.6. The van der Waals surface area contributed by atoms with E-state index in [0.717, 1.165) is 5.56 Å². The minimum Gasteiger partial charge on any atom is -0.365 e. The van der Waals surface area contributed by atoms with Gasteiger partial charge >= 0.3 is 0 Å². The van der Waals surface area contributed by atoms with Gasteiger partial charge in [0.2, 0.25) is 0 Å². The summed E-state index contributed by atoms with van der Waals surface area (Å²) in [4.78, 5) is 31.4. The number of benzene rings is 1. The number of nitrogens with one attached hydrogen (secondary N) is 1. The normalized spacial score (nSPS) is 10.4. The van der Waals surface area contributed by atoms with Crippen LogP contribution < -0.4 is 11.1 Å². The Bertz CT molecular complexity index is 795. The number of primary amides is 1. The number of amides is 1. The smallest absolute Gasteiger partial charge is 0.255 e. The number of hydrogen-bond acceptors (Lipinski definition) is 6. The van der Waals surface area contributed by atoms with Gasteiger partial charge in [-0.1, -0.05) is 35.5 Å². The summed E-state index contributed by atoms with van der Waals surface area (Å²) in [6, 6.07) is 5.23. The van der Waals surface area contributed by atoms with Gasteiger partial charge in [-0.25, -0.2) is 9.97 Å². The lowest BCUT2D eigenvalue weighted by Gasteiger charge is -2.14. The highest BCUT2D eigenvalue weighted by atomic mass is 35.5. The number of thioether (sulfide) groups is 1. The van der Waals surface area contributed by atoms with Gasteiger partial charge in [0.1, 0.15) is 16.5 Å². The summed E-state index contributed by atoms with van der Waals surface area (Å²) in [5.41, 5.74) is 7.45. The lowest BCUT2D eigenvalue weighted by atomic mass is 10.1. The highest BCUT2D eigenvalue weighted by Crippen LogP contribution is 2.28. The largest absolute Gasteiger partial charge is 0.365 e. The molecule has 0 aliphatic carbocycles. The van der Waals surface area contributed by atoms with Gasteiger partial charge < -0.3 is 11.1 Å². The van der Waals surface area contributed by atoms with Crippen LogP contribution in [0.5, 0.6) is 0 Å². The number of rotatable bonds is 5. The van der Waals surface area contributed by atoms with Crippen LogP contribution in [-0.2, 0) is 0 Å². The molecular weight excluding hydrogens is 336 g/mol. The Morgan fingerprint density at radius 2 is 2.00 bits per heavy atom. The van der Waals surface area contributed by atoms with Crippen LogP contribution >= 0.6 is 23.4 Å². The molecule has 0 aliphatic heterocycles. The summed E-state index contributed by atoms with van der Waals surface area (Å²) >= 11 is 7.32. The van der Waals surface area contributed by atoms with E-state index in [9.17, 15) is 9.59 Å². The van der Waals surface area contributed by atoms with Gasteiger partial charge in [-0.2, -0.15) is 0 Å². The number of Topliss-reactive ketones (excluding diaryl/α,β-unsaturated/α-hetero) is 1. The van der Waals surface area contributed by atoms with E-state index in [2.05, 4.69) is 15.3 Å². The van der Waals surface area contributed by atoms with Crippen LogP contribution in [0.3, 0.4) is 0 Å². The van der Waals surface area contributed by atoms with E-state index in [1.807, 2.05) is 6.92 Å². The van der Waals surface area contributed by atoms with Crippen molar-refractivity contribution in [2.45, 2.75) is 19.0 Å². The number of nitrogens with zero attached hydrogens (tertiary/aromatic N) is 2. The second-order valence-corrected chi connectivity index (χ2v) is 5.93. The average Bonchev–Trinajstić information content (AvgIpc) is 2.48. The van der Waals surface area contributed by atoms with Gasteiger partial charge in [0, 0.05) is 11.3 Å². The number of carbonyl (C=O) groups excluding carboxylic acids is 2. The topological polar surface area (TPSA) is 98.0 Å². The zero-order valence-electron chi connectivity index (χ0n) is 12.8. The first-order valence-corrected chi connectivity index (χ1v) is 8.23. The van der Waals surface area contributed by atoms with Gasteiger partial charge in [-0.15, -0.1) is 0 Å². The van der Waals surface area contributed by atoms with Crippen LogP contribution in [0.15, 0.2) is 23.4 Å². The summed E-state index contributed by atoms with van der Waals surface area (Å²) in [5.74, 6) is -0.579. The molecule has 23 heavy (non-hydrogen) atoms. The molecule has 0 unspecified atom stereocenters. The number of ketones is 1. The summed E-state index contributed by atoms with van der Waals surface area (Å²) in [5, 5.41) is 3.42. The summed E-state index contributed by atoms with van der Waals surface area (Å²) in [7, 11) is 0. The molecule has 2 rings (SSSR count). The molecule has 1 heterocycles. The Morgan fingerprint density at radius 3 is 2.57 bits per heavy atom. The Kier molecular flexibility index (Phi) is 5.23. The van der Waals surface area contributed by atoms with E-state index in [1.54, 1.807) is 24.5 Å². The number of anilines is 2. The van der Waals surface area contributed by atoms with Crippen molar-refractivity contribution in [3.8, 4) is 0 Å². The number of carbonyl (C=O) groups is 2. The number of nitrogens with two attached hydrogens (primary N) is 1. The molecule has 6 nitrogen and oxygen atoms in total. The van der Waals surface area contributed by atoms with Gasteiger partial charge in [0.05, 0.1) is 0 Å². The predicted molar refractivity (Wildman–Crippen MR) is 91.8 cm³/mol. The summed E-state index contributed by atoms with van der Waals surface area (Å²) in [6.45, 7) is 3.35. The van der Waals surface area contributed by atoms with Crippen molar-refractivity contribution in [2.24, 2.45) is 5.73 Å². The fraction of sp³-hybridized carbons (Fsp3) is 0.200. The van der Waals surface area contributed by atoms with Gasteiger partial charge in [-0.05, 0) is 31.7 Å². The molecule has 120 valence electrons. The molecule has 3 N–H and O–H groups in total. The molecule has 0 aliphatic rings. The van der Waals surface area contributed by atoms with E-state index in [-0.39, 0.29) is 22.3 Å². The molecule has 0 atom stereocenters. The lowest BCUT2D eigenvalue weighted by Crippen LogP contribution is -2.16. The predicted octanol–water partition coefficient (Wildman–Crippen LogP) is 3.21. The fourth-order valence-corrected chi connectivity index (χ4v) is 2.60. The molecule has 0 bridgehead atoms. The summed E-state index contributed by atoms with van der Waals surface area (Å²) < 4.78 is 0. The van der Waals surface area contributed by atoms with Crippen LogP contribution in [0.1, 0.15) is 33.2 Å². The zero-order valence-corrected chi connectivity index (χ0v) is 14.4. The Hall–Kier alpha value is -2.12. The average molecular weight is 351 g/mol. The zero-order chi connectivity index (χ0) is 17.1. The molecule has 2 aromatic rings. The van der Waals surface area contributed by atoms with E-state index in [0.29, 0.717) is 16.4 Å². The standard InChI is InChI=1S/C15H15ClN4O2S/c1-7-4-5-9(8(2)21)6-10(7)18-14-11(13(17)22)12(16)19-15(20-14)23-3/h4-6H,1-3H3,(H2,17,22)(H,18,19,20). The maximum Gasteiger partial charge on any atom is 0.255 e. The quantitative estimate of drug-likeness (QED) is 0.372. The molecule has 0 fully saturated rings. The second kappa shape index (κ2) is 6.97. The maximum atomic E-state index is 11.6. The SMILES string of the molecule is CSc1nc(Cl)c(C(N)=O)c(Nc2cc(C(C)=O)ccc2C)n1. The van der Waals surface area contributed by atoms with Crippen molar-refractivity contribution >= 4 is 46.6 Å². The van der Waals surface area contributed by atoms with E-state index < -0.39 is 5.91 Å². The van der Waals surface area contributed by atoms with Crippen molar-refractivity contribution < 1.29 is 9.59 Å². The van der Waals surface area contributed by atoms with Crippen LogP contribution in [-0.4, -0.2) is 27.9 Å². The highest BCUT2D eigenvalue weighted by molar-refractivity contribution is 7.98. The van der Waals surface area contributed by atoms with Crippen LogP contribution in [0.4, 0.5) is 11.5 Å². The van der Waals surface area contributed by atoms with Gasteiger partial charge in [0.25, 0.3) is 5.91 Å². The van der Waals surface area contributed by atoms with E-state index in [1.165, 1.54) is 18.7 Å². The summed E-state index contributed by atoms with van der Waals surface area (Å²) in [6.07, 6.45) is 1.79. The van der Waals surface area contributed by atoms with E-state index in [4.69, 9.17) is 17.3 Å². The minimum atomic E-state index is -0.731. The molecule has 1 aromatic carbocycles. The monoisotopic (exact) mass is 350 g/mol. The number of aryl methyl sites for hydroxylation is 1. The second-order valence-electron chi connectivity index (χ2n) is 4.80. The van der Waals surface area contributed by atoms with Crippen molar-refractivity contribution in [2.75, 3.05) is 11.6 Å². The third-order valence-corrected chi connectivity index (χ3v) is 3.99. The van der Waals surface area contributed by atoms with Crippen molar-refractivity contribution in [3.05, 3.63) is 40.0 Å². The van der Waals surface area contributed by atoms with E-state index >= 15 is 0 Å². The van der Waals surface area contributed by atoms with Crippen molar-refractivity contribution in [3.63, 3.8) is 0 Å². The van der Waals surface area contributed by atoms with Crippen LogP contribution in [0.2, 0.25) is 5.15 Å². The number of aromatic nitrogens is 2. The van der Waals surface area contributed by atoms with Crippen molar-refractivity contribution in [1.29, 1.82) is 0 Å². The Balaban J connectivity index is 2.55. The molecule has 0 radical (unpaired) electrons. The first kappa shape index (κ1) is 17.2. The first-order valence-electron chi connectivity index (χ1n) is 6.63.